The first kappa shape index (κ1) is 31.1. The molecule has 0 bridgehead atoms. The number of hydrogen-bond donors (Lipinski definition) is 0. The van der Waals surface area contributed by atoms with Crippen LogP contribution in [0.2, 0.25) is 0 Å². The number of esters is 1. The summed E-state index contributed by atoms with van der Waals surface area (Å²) in [7, 11) is 1.58. The normalized spacial score (nSPS) is 11.1. The lowest BCUT2D eigenvalue weighted by atomic mass is 10.1. The van der Waals surface area contributed by atoms with Gasteiger partial charge in [-0.05, 0) is 54.8 Å². The molecule has 0 spiro atoms. The van der Waals surface area contributed by atoms with E-state index < -0.39 is 11.8 Å². The minimum atomic E-state index is -0.464. The maximum absolute atomic E-state index is 14.4. The average Bonchev–Trinajstić information content (AvgIpc) is 2.92. The lowest BCUT2D eigenvalue weighted by Crippen LogP contribution is -2.09. The van der Waals surface area contributed by atoms with E-state index in [1.807, 2.05) is 19.1 Å². The Hall–Kier alpha value is -3.14. The number of hydrogen-bond acceptors (Lipinski definition) is 8. The molecule has 0 N–H and O–H groups in total. The van der Waals surface area contributed by atoms with Gasteiger partial charge in [0.15, 0.2) is 29.9 Å². The zero-order valence-electron chi connectivity index (χ0n) is 22.5. The van der Waals surface area contributed by atoms with Crippen molar-refractivity contribution in [3.63, 3.8) is 0 Å². The Bertz CT molecular complexity index is 979. The van der Waals surface area contributed by atoms with E-state index in [-0.39, 0.29) is 19.1 Å². The summed E-state index contributed by atoms with van der Waals surface area (Å²) in [6, 6.07) is 10.2. The number of carbonyl (C=O) groups excluding carboxylic acids is 1. The number of unbranched alkanes of at least 4 members (excludes halogenated alkanes) is 1. The molecule has 0 unspecified atom stereocenters. The molecule has 0 atom stereocenters. The summed E-state index contributed by atoms with van der Waals surface area (Å²) in [5.74, 6) is 0.371. The molecule has 0 heterocycles. The molecule has 210 valence electrons. The van der Waals surface area contributed by atoms with Crippen molar-refractivity contribution >= 4 is 12.0 Å². The van der Waals surface area contributed by atoms with Gasteiger partial charge in [0.1, 0.15) is 6.61 Å². The van der Waals surface area contributed by atoms with Gasteiger partial charge >= 0.3 is 5.97 Å². The third-order valence-corrected chi connectivity index (χ3v) is 5.19. The monoisotopic (exact) mass is 534 g/mol. The van der Waals surface area contributed by atoms with Crippen LogP contribution in [0.1, 0.15) is 37.8 Å². The molecule has 9 heteroatoms. The van der Waals surface area contributed by atoms with Crippen LogP contribution in [0.4, 0.5) is 4.39 Å². The lowest BCUT2D eigenvalue weighted by Gasteiger charge is -2.14. The fourth-order valence-electron chi connectivity index (χ4n) is 3.15. The van der Waals surface area contributed by atoms with Crippen molar-refractivity contribution in [2.24, 2.45) is 0 Å². The number of rotatable bonds is 20. The SMILES string of the molecule is CCCCOc1cc(C=CC(=O)OCCOCC)ccc1OCCc1ccc(OCOCCOC)c(F)c1. The molecule has 8 nitrogen and oxygen atoms in total. The molecule has 0 saturated carbocycles. The molecule has 2 aromatic carbocycles. The molecule has 0 saturated heterocycles. The molecule has 0 fully saturated rings. The second-order valence-electron chi connectivity index (χ2n) is 8.13. The van der Waals surface area contributed by atoms with Gasteiger partial charge in [-0.25, -0.2) is 9.18 Å². The zero-order chi connectivity index (χ0) is 27.4. The van der Waals surface area contributed by atoms with E-state index in [2.05, 4.69) is 6.92 Å². The molecule has 2 rings (SSSR count). The van der Waals surface area contributed by atoms with Gasteiger partial charge in [-0.15, -0.1) is 0 Å². The summed E-state index contributed by atoms with van der Waals surface area (Å²) in [5, 5.41) is 0. The molecule has 0 aliphatic carbocycles. The van der Waals surface area contributed by atoms with E-state index in [1.165, 1.54) is 12.1 Å². The standard InChI is InChI=1S/C29H39FO8/c1-4-6-14-35-28-21-23(9-12-29(31)37-19-18-33-5-2)8-11-27(28)36-15-13-24-7-10-26(25(30)20-24)38-22-34-17-16-32-3/h7-12,20-21H,4-6,13-19,22H2,1-3H3. The Balaban J connectivity index is 1.92. The van der Waals surface area contributed by atoms with Crippen molar-refractivity contribution in [2.75, 3.05) is 60.2 Å². The lowest BCUT2D eigenvalue weighted by molar-refractivity contribution is -0.139. The Morgan fingerprint density at radius 1 is 0.842 bits per heavy atom. The van der Waals surface area contributed by atoms with Crippen LogP contribution in [0.25, 0.3) is 6.08 Å². The van der Waals surface area contributed by atoms with Crippen LogP contribution in [-0.4, -0.2) is 66.1 Å². The third kappa shape index (κ3) is 12.4. The Kier molecular flexibility index (Phi) is 15.5. The van der Waals surface area contributed by atoms with Gasteiger partial charge in [-0.3, -0.25) is 0 Å². The number of carbonyl (C=O) groups is 1. The van der Waals surface area contributed by atoms with Gasteiger partial charge in [0, 0.05) is 26.2 Å². The van der Waals surface area contributed by atoms with E-state index in [0.29, 0.717) is 57.6 Å². The molecule has 0 amide bonds. The van der Waals surface area contributed by atoms with E-state index in [1.54, 1.807) is 31.4 Å². The second-order valence-corrected chi connectivity index (χ2v) is 8.13. The number of ether oxygens (including phenoxy) is 7. The first-order valence-corrected chi connectivity index (χ1v) is 12.9. The molecule has 0 aliphatic rings. The van der Waals surface area contributed by atoms with Crippen LogP contribution in [0.5, 0.6) is 17.2 Å². The maximum Gasteiger partial charge on any atom is 0.330 e. The first-order chi connectivity index (χ1) is 18.6. The van der Waals surface area contributed by atoms with Gasteiger partial charge in [0.2, 0.25) is 0 Å². The largest absolute Gasteiger partial charge is 0.490 e. The molecular formula is C29H39FO8. The molecule has 0 aliphatic heterocycles. The minimum Gasteiger partial charge on any atom is -0.490 e. The second kappa shape index (κ2) is 19.0. The van der Waals surface area contributed by atoms with Crippen molar-refractivity contribution < 1.29 is 42.3 Å². The molecule has 0 aromatic heterocycles. The van der Waals surface area contributed by atoms with Gasteiger partial charge in [-0.1, -0.05) is 25.5 Å². The summed E-state index contributed by atoms with van der Waals surface area (Å²) >= 11 is 0. The topological polar surface area (TPSA) is 81.7 Å². The van der Waals surface area contributed by atoms with Crippen LogP contribution in [0.3, 0.4) is 0 Å². The smallest absolute Gasteiger partial charge is 0.330 e. The summed E-state index contributed by atoms with van der Waals surface area (Å²) in [6.45, 7) is 6.75. The van der Waals surface area contributed by atoms with Crippen molar-refractivity contribution in [3.05, 3.63) is 59.4 Å². The molecule has 0 radical (unpaired) electrons. The number of benzene rings is 2. The van der Waals surface area contributed by atoms with E-state index in [0.717, 1.165) is 24.0 Å². The zero-order valence-corrected chi connectivity index (χ0v) is 22.5. The van der Waals surface area contributed by atoms with Gasteiger partial charge < -0.3 is 33.2 Å². The quantitative estimate of drug-likeness (QED) is 0.0990. The Morgan fingerprint density at radius 2 is 1.63 bits per heavy atom. The number of methoxy groups -OCH3 is 1. The van der Waals surface area contributed by atoms with Crippen molar-refractivity contribution in [1.82, 2.24) is 0 Å². The summed E-state index contributed by atoms with van der Waals surface area (Å²) in [5.41, 5.74) is 1.54. The van der Waals surface area contributed by atoms with Crippen molar-refractivity contribution in [2.45, 2.75) is 33.1 Å². The highest BCUT2D eigenvalue weighted by Gasteiger charge is 2.09. The van der Waals surface area contributed by atoms with E-state index in [9.17, 15) is 9.18 Å². The first-order valence-electron chi connectivity index (χ1n) is 12.9. The van der Waals surface area contributed by atoms with E-state index in [4.69, 9.17) is 33.2 Å². The summed E-state index contributed by atoms with van der Waals surface area (Å²) < 4.78 is 51.9. The van der Waals surface area contributed by atoms with Crippen LogP contribution < -0.4 is 14.2 Å². The fourth-order valence-corrected chi connectivity index (χ4v) is 3.15. The van der Waals surface area contributed by atoms with Crippen molar-refractivity contribution in [3.8, 4) is 17.2 Å². The summed E-state index contributed by atoms with van der Waals surface area (Å²) in [4.78, 5) is 11.9. The van der Waals surface area contributed by atoms with Gasteiger partial charge in [0.05, 0.1) is 33.0 Å². The predicted molar refractivity (Wildman–Crippen MR) is 142 cm³/mol. The molecule has 2 aromatic rings. The average molecular weight is 535 g/mol. The molecular weight excluding hydrogens is 495 g/mol. The third-order valence-electron chi connectivity index (χ3n) is 5.19. The van der Waals surface area contributed by atoms with Crippen LogP contribution in [0.15, 0.2) is 42.5 Å². The minimum absolute atomic E-state index is 0.0518. The maximum atomic E-state index is 14.4. The highest BCUT2D eigenvalue weighted by atomic mass is 19.1. The highest BCUT2D eigenvalue weighted by molar-refractivity contribution is 5.87. The molecule has 38 heavy (non-hydrogen) atoms. The summed E-state index contributed by atoms with van der Waals surface area (Å²) in [6.07, 6.45) is 5.41. The van der Waals surface area contributed by atoms with Gasteiger partial charge in [-0.2, -0.15) is 0 Å². The Morgan fingerprint density at radius 3 is 2.39 bits per heavy atom. The van der Waals surface area contributed by atoms with Crippen LogP contribution in [0, 0.1) is 5.82 Å². The van der Waals surface area contributed by atoms with Crippen LogP contribution >= 0.6 is 0 Å². The fraction of sp³-hybridized carbons (Fsp3) is 0.483. The number of halogens is 1. The van der Waals surface area contributed by atoms with Gasteiger partial charge in [0.25, 0.3) is 0 Å². The van der Waals surface area contributed by atoms with Crippen molar-refractivity contribution in [1.29, 1.82) is 0 Å². The Labute approximate surface area is 224 Å². The van der Waals surface area contributed by atoms with E-state index >= 15 is 0 Å². The van der Waals surface area contributed by atoms with Crippen LogP contribution in [-0.2, 0) is 30.2 Å². The predicted octanol–water partition coefficient (Wildman–Crippen LogP) is 5.22. The highest BCUT2D eigenvalue weighted by Crippen LogP contribution is 2.30.